The van der Waals surface area contributed by atoms with E-state index in [1.54, 1.807) is 29.2 Å². The van der Waals surface area contributed by atoms with Gasteiger partial charge < -0.3 is 19.7 Å². The first-order valence-corrected chi connectivity index (χ1v) is 8.02. The summed E-state index contributed by atoms with van der Waals surface area (Å²) >= 11 is 0. The number of nitrogens with one attached hydrogen (secondary N) is 1. The third-order valence-corrected chi connectivity index (χ3v) is 3.95. The van der Waals surface area contributed by atoms with Gasteiger partial charge >= 0.3 is 12.0 Å². The molecule has 0 aromatic heterocycles. The molecule has 2 unspecified atom stereocenters. The number of ether oxygens (including phenoxy) is 2. The van der Waals surface area contributed by atoms with Gasteiger partial charge in [0.2, 0.25) is 0 Å². The number of nitrogens with zero attached hydrogens (tertiary/aromatic N) is 1. The van der Waals surface area contributed by atoms with Gasteiger partial charge in [-0.05, 0) is 18.4 Å². The predicted molar refractivity (Wildman–Crippen MR) is 86.3 cm³/mol. The monoisotopic (exact) mass is 338 g/mol. The maximum absolute atomic E-state index is 14.3. The highest BCUT2D eigenvalue weighted by Gasteiger charge is 2.26. The number of hydrogen-bond acceptors (Lipinski definition) is 4. The van der Waals surface area contributed by atoms with Crippen LogP contribution in [0.25, 0.3) is 0 Å². The molecule has 1 aliphatic rings. The van der Waals surface area contributed by atoms with Crippen LogP contribution >= 0.6 is 0 Å². The number of amides is 2. The lowest BCUT2D eigenvalue weighted by atomic mass is 10.0. The van der Waals surface area contributed by atoms with Gasteiger partial charge in [0.25, 0.3) is 0 Å². The summed E-state index contributed by atoms with van der Waals surface area (Å²) in [6.07, 6.45) is -0.912. The minimum Gasteiger partial charge on any atom is -0.467 e. The summed E-state index contributed by atoms with van der Waals surface area (Å²) in [5.41, 5.74) is 0.556. The zero-order valence-corrected chi connectivity index (χ0v) is 13.7. The fourth-order valence-corrected chi connectivity index (χ4v) is 2.54. The van der Waals surface area contributed by atoms with Crippen LogP contribution < -0.4 is 5.32 Å². The number of benzene rings is 1. The second-order valence-electron chi connectivity index (χ2n) is 5.58. The minimum absolute atomic E-state index is 0.118. The van der Waals surface area contributed by atoms with Crippen LogP contribution in [0.15, 0.2) is 30.3 Å². The largest absolute Gasteiger partial charge is 0.467 e. The molecule has 1 aromatic rings. The number of hydrogen-bond donors (Lipinski definition) is 1. The highest BCUT2D eigenvalue weighted by molar-refractivity contribution is 5.83. The van der Waals surface area contributed by atoms with Crippen LogP contribution in [-0.2, 0) is 14.3 Å². The summed E-state index contributed by atoms with van der Waals surface area (Å²) in [5, 5.41) is 2.63. The normalized spacial score (nSPS) is 17.0. The van der Waals surface area contributed by atoms with E-state index in [0.29, 0.717) is 31.9 Å². The Hall–Kier alpha value is -2.15. The molecule has 0 saturated carbocycles. The molecule has 6 nitrogen and oxygen atoms in total. The van der Waals surface area contributed by atoms with Crippen LogP contribution in [0, 0.1) is 0 Å². The number of alkyl halides is 1. The Balaban J connectivity index is 1.90. The summed E-state index contributed by atoms with van der Waals surface area (Å²) in [6.45, 7) is 1.87. The number of methoxy groups -OCH3 is 1. The molecule has 132 valence electrons. The first-order chi connectivity index (χ1) is 11.6. The van der Waals surface area contributed by atoms with Crippen LogP contribution in [0.1, 0.15) is 24.6 Å². The Bertz CT molecular complexity index is 535. The number of carbonyl (C=O) groups excluding carboxylic acids is 2. The Morgan fingerprint density at radius 3 is 2.54 bits per heavy atom. The van der Waals surface area contributed by atoms with Gasteiger partial charge in [0.1, 0.15) is 12.2 Å². The van der Waals surface area contributed by atoms with E-state index in [4.69, 9.17) is 9.47 Å². The van der Waals surface area contributed by atoms with Gasteiger partial charge in [-0.25, -0.2) is 14.0 Å². The molecule has 1 aromatic carbocycles. The van der Waals surface area contributed by atoms with E-state index < -0.39 is 18.2 Å². The van der Waals surface area contributed by atoms with Crippen molar-refractivity contribution >= 4 is 12.0 Å². The second-order valence-corrected chi connectivity index (χ2v) is 5.58. The van der Waals surface area contributed by atoms with Gasteiger partial charge in [0.05, 0.1) is 20.3 Å². The van der Waals surface area contributed by atoms with E-state index in [1.807, 2.05) is 6.07 Å². The molecule has 2 amide bonds. The van der Waals surface area contributed by atoms with E-state index in [0.717, 1.165) is 0 Å². The average Bonchev–Trinajstić information content (AvgIpc) is 2.65. The Labute approximate surface area is 140 Å². The molecule has 1 saturated heterocycles. The van der Waals surface area contributed by atoms with E-state index in [1.165, 1.54) is 7.11 Å². The second kappa shape index (κ2) is 9.22. The van der Waals surface area contributed by atoms with Gasteiger partial charge in [-0.2, -0.15) is 0 Å². The van der Waals surface area contributed by atoms with E-state index in [2.05, 4.69) is 5.32 Å². The highest BCUT2D eigenvalue weighted by atomic mass is 19.1. The molecular formula is C17H23FN2O4. The third-order valence-electron chi connectivity index (χ3n) is 3.95. The third kappa shape index (κ3) is 5.19. The van der Waals surface area contributed by atoms with Crippen molar-refractivity contribution in [1.29, 1.82) is 0 Å². The molecule has 0 bridgehead atoms. The minimum atomic E-state index is -1.20. The Morgan fingerprint density at radius 2 is 1.92 bits per heavy atom. The molecule has 2 atom stereocenters. The lowest BCUT2D eigenvalue weighted by Crippen LogP contribution is -2.51. The predicted octanol–water partition coefficient (Wildman–Crippen LogP) is 2.06. The zero-order valence-electron chi connectivity index (χ0n) is 13.7. The quantitative estimate of drug-likeness (QED) is 0.806. The smallest absolute Gasteiger partial charge is 0.328 e. The number of morpholine rings is 1. The molecule has 0 spiro atoms. The standard InChI is InChI=1S/C17H23FN2O4/c1-23-16(21)15(19-17(22)20-9-11-24-12-10-20)8-7-14(18)13-5-3-2-4-6-13/h2-6,14-15H,7-12H2,1H3,(H,19,22). The molecule has 1 aliphatic heterocycles. The summed E-state index contributed by atoms with van der Waals surface area (Å²) in [4.78, 5) is 25.7. The lowest BCUT2D eigenvalue weighted by Gasteiger charge is -2.28. The first-order valence-electron chi connectivity index (χ1n) is 8.02. The van der Waals surface area contributed by atoms with Crippen LogP contribution in [0.3, 0.4) is 0 Å². The average molecular weight is 338 g/mol. The molecule has 7 heteroatoms. The van der Waals surface area contributed by atoms with Gasteiger partial charge in [-0.1, -0.05) is 30.3 Å². The molecule has 1 heterocycles. The SMILES string of the molecule is COC(=O)C(CCC(F)c1ccccc1)NC(=O)N1CCOCC1. The van der Waals surface area contributed by atoms with Crippen LogP contribution in [0.4, 0.5) is 9.18 Å². The van der Waals surface area contributed by atoms with E-state index in [-0.39, 0.29) is 18.9 Å². The van der Waals surface area contributed by atoms with Crippen molar-refractivity contribution in [2.45, 2.75) is 25.1 Å². The summed E-state index contributed by atoms with van der Waals surface area (Å²) in [6, 6.07) is 7.51. The zero-order chi connectivity index (χ0) is 17.4. The Kier molecular flexibility index (Phi) is 6.99. The van der Waals surface area contributed by atoms with Crippen molar-refractivity contribution in [3.63, 3.8) is 0 Å². The summed E-state index contributed by atoms with van der Waals surface area (Å²) < 4.78 is 24.2. The van der Waals surface area contributed by atoms with E-state index >= 15 is 0 Å². The Morgan fingerprint density at radius 1 is 1.25 bits per heavy atom. The van der Waals surface area contributed by atoms with Crippen LogP contribution in [-0.4, -0.2) is 56.4 Å². The number of carbonyl (C=O) groups is 2. The van der Waals surface area contributed by atoms with Crippen LogP contribution in [0.5, 0.6) is 0 Å². The maximum atomic E-state index is 14.3. The molecule has 2 rings (SSSR count). The van der Waals surface area contributed by atoms with Crippen molar-refractivity contribution in [3.05, 3.63) is 35.9 Å². The van der Waals surface area contributed by atoms with Crippen molar-refractivity contribution in [3.8, 4) is 0 Å². The lowest BCUT2D eigenvalue weighted by molar-refractivity contribution is -0.143. The van der Waals surface area contributed by atoms with Crippen molar-refractivity contribution < 1.29 is 23.5 Å². The number of urea groups is 1. The van der Waals surface area contributed by atoms with Gasteiger partial charge in [0.15, 0.2) is 0 Å². The fourth-order valence-electron chi connectivity index (χ4n) is 2.54. The van der Waals surface area contributed by atoms with Gasteiger partial charge in [-0.3, -0.25) is 0 Å². The summed E-state index contributed by atoms with van der Waals surface area (Å²) in [7, 11) is 1.25. The van der Waals surface area contributed by atoms with Crippen molar-refractivity contribution in [2.75, 3.05) is 33.4 Å². The van der Waals surface area contributed by atoms with Gasteiger partial charge in [-0.15, -0.1) is 0 Å². The van der Waals surface area contributed by atoms with Gasteiger partial charge in [0, 0.05) is 13.1 Å². The first kappa shape index (κ1) is 18.2. The molecule has 0 aliphatic carbocycles. The number of halogens is 1. The van der Waals surface area contributed by atoms with E-state index in [9.17, 15) is 14.0 Å². The number of rotatable bonds is 6. The topological polar surface area (TPSA) is 67.9 Å². The fraction of sp³-hybridized carbons (Fsp3) is 0.529. The summed E-state index contributed by atoms with van der Waals surface area (Å²) in [5.74, 6) is -0.572. The number of esters is 1. The maximum Gasteiger partial charge on any atom is 0.328 e. The molecule has 24 heavy (non-hydrogen) atoms. The molecule has 1 N–H and O–H groups in total. The van der Waals surface area contributed by atoms with Crippen LogP contribution in [0.2, 0.25) is 0 Å². The molecule has 0 radical (unpaired) electrons. The van der Waals surface area contributed by atoms with Crippen molar-refractivity contribution in [1.82, 2.24) is 10.2 Å². The highest BCUT2D eigenvalue weighted by Crippen LogP contribution is 2.23. The van der Waals surface area contributed by atoms with Crippen molar-refractivity contribution in [2.24, 2.45) is 0 Å². The molecular weight excluding hydrogens is 315 g/mol. The molecule has 1 fully saturated rings.